The first-order chi connectivity index (χ1) is 8.23. The highest BCUT2D eigenvalue weighted by molar-refractivity contribution is 5.89. The molecule has 0 amide bonds. The van der Waals surface area contributed by atoms with Crippen LogP contribution < -0.4 is 0 Å². The van der Waals surface area contributed by atoms with E-state index in [1.165, 1.54) is 6.20 Å². The third kappa shape index (κ3) is 1.54. The van der Waals surface area contributed by atoms with Gasteiger partial charge in [0.2, 0.25) is 0 Å². The van der Waals surface area contributed by atoms with Crippen molar-refractivity contribution in [2.24, 2.45) is 0 Å². The fraction of sp³-hybridized carbons (Fsp3) is 0.500. The average molecular weight is 235 g/mol. The van der Waals surface area contributed by atoms with E-state index in [0.29, 0.717) is 31.8 Å². The second kappa shape index (κ2) is 3.78. The molecule has 1 aromatic rings. The van der Waals surface area contributed by atoms with Gasteiger partial charge in [0.1, 0.15) is 5.60 Å². The first-order valence-electron chi connectivity index (χ1n) is 5.66. The Bertz CT molecular complexity index is 466. The minimum atomic E-state index is -0.903. The van der Waals surface area contributed by atoms with E-state index in [1.807, 2.05) is 0 Å². The molecule has 5 heteroatoms. The molecule has 1 unspecified atom stereocenters. The zero-order valence-electron chi connectivity index (χ0n) is 9.31. The van der Waals surface area contributed by atoms with Crippen molar-refractivity contribution in [3.63, 3.8) is 0 Å². The molecule has 5 nitrogen and oxygen atoms in total. The molecule has 1 spiro atoms. The number of aromatic nitrogens is 1. The van der Waals surface area contributed by atoms with Crippen molar-refractivity contribution in [3.05, 3.63) is 29.1 Å². The normalized spacial score (nSPS) is 27.1. The zero-order chi connectivity index (χ0) is 11.9. The molecule has 2 aliphatic rings. The largest absolute Gasteiger partial charge is 0.478 e. The quantitative estimate of drug-likeness (QED) is 0.785. The Morgan fingerprint density at radius 3 is 3.06 bits per heavy atom. The Morgan fingerprint density at radius 2 is 2.35 bits per heavy atom. The highest BCUT2D eigenvalue weighted by Gasteiger charge is 2.43. The lowest BCUT2D eigenvalue weighted by atomic mass is 9.88. The second-order valence-corrected chi connectivity index (χ2v) is 4.39. The molecule has 3 rings (SSSR count). The molecule has 1 fully saturated rings. The summed E-state index contributed by atoms with van der Waals surface area (Å²) in [5, 5.41) is 9.17. The van der Waals surface area contributed by atoms with Gasteiger partial charge in [-0.15, -0.1) is 0 Å². The van der Waals surface area contributed by atoms with Crippen molar-refractivity contribution < 1.29 is 19.4 Å². The number of hydrogen-bond acceptors (Lipinski definition) is 4. The van der Waals surface area contributed by atoms with Crippen LogP contribution in [0.5, 0.6) is 0 Å². The molecule has 0 saturated carbocycles. The van der Waals surface area contributed by atoms with E-state index in [4.69, 9.17) is 9.47 Å². The zero-order valence-corrected chi connectivity index (χ0v) is 9.31. The van der Waals surface area contributed by atoms with Gasteiger partial charge in [0.15, 0.2) is 0 Å². The molecule has 0 aromatic carbocycles. The van der Waals surface area contributed by atoms with Gasteiger partial charge in [-0.1, -0.05) is 0 Å². The van der Waals surface area contributed by atoms with Gasteiger partial charge < -0.3 is 14.6 Å². The minimum Gasteiger partial charge on any atom is -0.478 e. The number of nitrogens with zero attached hydrogens (tertiary/aromatic N) is 1. The highest BCUT2D eigenvalue weighted by atomic mass is 16.6. The van der Waals surface area contributed by atoms with Gasteiger partial charge in [0.05, 0.1) is 24.5 Å². The summed E-state index contributed by atoms with van der Waals surface area (Å²) in [7, 11) is 0. The highest BCUT2D eigenvalue weighted by Crippen LogP contribution is 2.39. The topological polar surface area (TPSA) is 68.7 Å². The van der Waals surface area contributed by atoms with E-state index in [9.17, 15) is 9.90 Å². The molecule has 0 radical (unpaired) electrons. The van der Waals surface area contributed by atoms with Crippen molar-refractivity contribution in [1.29, 1.82) is 0 Å². The first-order valence-corrected chi connectivity index (χ1v) is 5.66. The fourth-order valence-electron chi connectivity index (χ4n) is 2.60. The molecule has 17 heavy (non-hydrogen) atoms. The van der Waals surface area contributed by atoms with Crippen molar-refractivity contribution in [1.82, 2.24) is 4.98 Å². The third-order valence-electron chi connectivity index (χ3n) is 3.43. The van der Waals surface area contributed by atoms with Crippen LogP contribution in [0, 0.1) is 0 Å². The molecule has 0 aliphatic carbocycles. The van der Waals surface area contributed by atoms with Crippen LogP contribution in [0.3, 0.4) is 0 Å². The number of hydrogen-bond donors (Lipinski definition) is 1. The lowest BCUT2D eigenvalue weighted by molar-refractivity contribution is -0.0666. The number of aromatic carboxylic acids is 1. The molecule has 3 heterocycles. The molecule has 2 aliphatic heterocycles. The number of ether oxygens (including phenoxy) is 2. The Hall–Kier alpha value is -1.46. The summed E-state index contributed by atoms with van der Waals surface area (Å²) in [5.74, 6) is -0.903. The smallest absolute Gasteiger partial charge is 0.336 e. The summed E-state index contributed by atoms with van der Waals surface area (Å²) in [6.45, 7) is 1.64. The van der Waals surface area contributed by atoms with Crippen LogP contribution in [-0.4, -0.2) is 35.9 Å². The average Bonchev–Trinajstić information content (AvgIpc) is 2.78. The van der Waals surface area contributed by atoms with E-state index in [0.717, 1.165) is 17.7 Å². The fourth-order valence-corrected chi connectivity index (χ4v) is 2.60. The maximum absolute atomic E-state index is 11.2. The van der Waals surface area contributed by atoms with Crippen molar-refractivity contribution in [2.75, 3.05) is 19.8 Å². The van der Waals surface area contributed by atoms with Gasteiger partial charge in [-0.25, -0.2) is 4.79 Å². The Morgan fingerprint density at radius 1 is 1.47 bits per heavy atom. The van der Waals surface area contributed by atoms with Gasteiger partial charge in [0, 0.05) is 19.2 Å². The van der Waals surface area contributed by atoms with E-state index in [2.05, 4.69) is 4.98 Å². The van der Waals surface area contributed by atoms with Crippen molar-refractivity contribution >= 4 is 5.97 Å². The summed E-state index contributed by atoms with van der Waals surface area (Å²) >= 11 is 0. The minimum absolute atomic E-state index is 0.338. The van der Waals surface area contributed by atoms with E-state index in [1.54, 1.807) is 6.07 Å². The van der Waals surface area contributed by atoms with Crippen LogP contribution in [0.15, 0.2) is 12.3 Å². The second-order valence-electron chi connectivity index (χ2n) is 4.39. The lowest BCUT2D eigenvalue weighted by Gasteiger charge is -2.33. The van der Waals surface area contributed by atoms with E-state index < -0.39 is 11.6 Å². The van der Waals surface area contributed by atoms with Gasteiger partial charge >= 0.3 is 5.97 Å². The predicted molar refractivity (Wildman–Crippen MR) is 58.0 cm³/mol. The van der Waals surface area contributed by atoms with Crippen LogP contribution in [0.2, 0.25) is 0 Å². The van der Waals surface area contributed by atoms with Crippen LogP contribution in [0.25, 0.3) is 0 Å². The molecule has 1 N–H and O–H groups in total. The number of carboxylic acids is 1. The maximum atomic E-state index is 11.2. The first kappa shape index (κ1) is 10.7. The van der Waals surface area contributed by atoms with Crippen LogP contribution >= 0.6 is 0 Å². The van der Waals surface area contributed by atoms with Gasteiger partial charge in [0.25, 0.3) is 0 Å². The van der Waals surface area contributed by atoms with Crippen LogP contribution in [0.4, 0.5) is 0 Å². The summed E-state index contributed by atoms with van der Waals surface area (Å²) in [6, 6.07) is 1.55. The standard InChI is InChI=1S/C12H13NO4/c14-11(15)9-1-4-13-10-8(9)2-5-17-12(10)3-6-16-7-12/h1,4H,2-3,5-7H2,(H,14,15). The maximum Gasteiger partial charge on any atom is 0.336 e. The van der Waals surface area contributed by atoms with E-state index in [-0.39, 0.29) is 0 Å². The summed E-state index contributed by atoms with van der Waals surface area (Å²) in [4.78, 5) is 15.5. The summed E-state index contributed by atoms with van der Waals surface area (Å²) in [6.07, 6.45) is 2.89. The number of pyridine rings is 1. The van der Waals surface area contributed by atoms with Gasteiger partial charge in [-0.2, -0.15) is 0 Å². The number of fused-ring (bicyclic) bond motifs is 2. The molecule has 1 atom stereocenters. The number of rotatable bonds is 1. The van der Waals surface area contributed by atoms with Gasteiger partial charge in [-0.05, 0) is 18.1 Å². The monoisotopic (exact) mass is 235 g/mol. The third-order valence-corrected chi connectivity index (χ3v) is 3.43. The summed E-state index contributed by atoms with van der Waals surface area (Å²) in [5.41, 5.74) is 1.38. The summed E-state index contributed by atoms with van der Waals surface area (Å²) < 4.78 is 11.2. The van der Waals surface area contributed by atoms with E-state index >= 15 is 0 Å². The van der Waals surface area contributed by atoms with Crippen molar-refractivity contribution in [3.8, 4) is 0 Å². The lowest BCUT2D eigenvalue weighted by Crippen LogP contribution is -2.38. The van der Waals surface area contributed by atoms with Crippen LogP contribution in [-0.2, 0) is 21.5 Å². The molecule has 1 saturated heterocycles. The predicted octanol–water partition coefficient (Wildman–Crippen LogP) is 0.968. The van der Waals surface area contributed by atoms with Crippen LogP contribution in [0.1, 0.15) is 28.0 Å². The van der Waals surface area contributed by atoms with Gasteiger partial charge in [-0.3, -0.25) is 4.98 Å². The molecule has 1 aromatic heterocycles. The Kier molecular flexibility index (Phi) is 2.38. The van der Waals surface area contributed by atoms with Crippen molar-refractivity contribution in [2.45, 2.75) is 18.4 Å². The number of carbonyl (C=O) groups is 1. The Labute approximate surface area is 98.4 Å². The molecular weight excluding hydrogens is 222 g/mol. The molecule has 90 valence electrons. The molecule has 0 bridgehead atoms. The number of carboxylic acid groups (broad SMARTS) is 1. The molecular formula is C12H13NO4. The SMILES string of the molecule is O=C(O)c1ccnc2c1CCOC21CCOC1. The Balaban J connectivity index is 2.15.